The van der Waals surface area contributed by atoms with Crippen molar-refractivity contribution in [2.24, 2.45) is 17.3 Å². The van der Waals surface area contributed by atoms with Gasteiger partial charge in [-0.2, -0.15) is 0 Å². The molecule has 2 fully saturated rings. The Morgan fingerprint density at radius 1 is 1.56 bits per heavy atom. The lowest BCUT2D eigenvalue weighted by Crippen LogP contribution is -2.07. The van der Waals surface area contributed by atoms with Crippen LogP contribution in [0.5, 0.6) is 0 Å². The quantitative estimate of drug-likeness (QED) is 0.547. The molecule has 0 bridgehead atoms. The summed E-state index contributed by atoms with van der Waals surface area (Å²) in [4.78, 5) is 23.0. The van der Waals surface area contributed by atoms with Crippen LogP contribution in [-0.2, 0) is 14.3 Å². The standard InChI is InChI=1S/C12H16O3S/c1-12(2)8(9(12)10(13)15-3)6-7-4-5-16-11(7)14/h6,8-9H,4-5H2,1-3H3/t8-,9-/m0/s1. The van der Waals surface area contributed by atoms with Crippen molar-refractivity contribution in [3.63, 3.8) is 0 Å². The van der Waals surface area contributed by atoms with Crippen molar-refractivity contribution in [2.75, 3.05) is 12.9 Å². The summed E-state index contributed by atoms with van der Waals surface area (Å²) in [6, 6.07) is 0. The van der Waals surface area contributed by atoms with E-state index in [0.29, 0.717) is 0 Å². The van der Waals surface area contributed by atoms with Crippen molar-refractivity contribution in [3.05, 3.63) is 11.6 Å². The molecule has 4 heteroatoms. The predicted molar refractivity (Wildman–Crippen MR) is 62.9 cm³/mol. The van der Waals surface area contributed by atoms with Gasteiger partial charge in [0.2, 0.25) is 5.12 Å². The van der Waals surface area contributed by atoms with Gasteiger partial charge in [-0.1, -0.05) is 31.7 Å². The molecule has 1 saturated carbocycles. The van der Waals surface area contributed by atoms with Gasteiger partial charge in [0, 0.05) is 11.3 Å². The van der Waals surface area contributed by atoms with Crippen LogP contribution in [0, 0.1) is 17.3 Å². The summed E-state index contributed by atoms with van der Waals surface area (Å²) < 4.78 is 4.77. The van der Waals surface area contributed by atoms with Crippen molar-refractivity contribution in [3.8, 4) is 0 Å². The molecule has 0 spiro atoms. The Bertz CT molecular complexity index is 370. The Morgan fingerprint density at radius 3 is 2.75 bits per heavy atom. The average Bonchev–Trinajstić information content (AvgIpc) is 2.57. The first-order valence-corrected chi connectivity index (χ1v) is 6.42. The third-order valence-electron chi connectivity index (χ3n) is 3.61. The molecule has 2 aliphatic rings. The maximum Gasteiger partial charge on any atom is 0.309 e. The number of hydrogen-bond donors (Lipinski definition) is 0. The van der Waals surface area contributed by atoms with Crippen molar-refractivity contribution in [1.29, 1.82) is 0 Å². The van der Waals surface area contributed by atoms with Gasteiger partial charge in [0.05, 0.1) is 13.0 Å². The number of carbonyl (C=O) groups excluding carboxylic acids is 2. The topological polar surface area (TPSA) is 43.4 Å². The second-order valence-electron chi connectivity index (χ2n) is 4.93. The lowest BCUT2D eigenvalue weighted by Gasteiger charge is -1.99. The first-order valence-electron chi connectivity index (χ1n) is 5.44. The molecule has 0 amide bonds. The minimum absolute atomic E-state index is 0.0619. The zero-order valence-corrected chi connectivity index (χ0v) is 10.6. The van der Waals surface area contributed by atoms with E-state index in [4.69, 9.17) is 4.74 Å². The molecule has 3 nitrogen and oxygen atoms in total. The van der Waals surface area contributed by atoms with Crippen LogP contribution in [0.3, 0.4) is 0 Å². The van der Waals surface area contributed by atoms with Gasteiger partial charge in [-0.05, 0) is 17.8 Å². The summed E-state index contributed by atoms with van der Waals surface area (Å²) in [5.41, 5.74) is 0.822. The van der Waals surface area contributed by atoms with Crippen molar-refractivity contribution >= 4 is 22.8 Å². The summed E-state index contributed by atoms with van der Waals surface area (Å²) in [5.74, 6) is 0.798. The smallest absolute Gasteiger partial charge is 0.309 e. The van der Waals surface area contributed by atoms with E-state index in [2.05, 4.69) is 0 Å². The molecule has 1 aliphatic heterocycles. The molecule has 16 heavy (non-hydrogen) atoms. The van der Waals surface area contributed by atoms with E-state index in [-0.39, 0.29) is 28.3 Å². The van der Waals surface area contributed by atoms with Crippen molar-refractivity contribution < 1.29 is 14.3 Å². The molecule has 0 unspecified atom stereocenters. The van der Waals surface area contributed by atoms with Gasteiger partial charge in [0.1, 0.15) is 0 Å². The second kappa shape index (κ2) is 3.91. The highest BCUT2D eigenvalue weighted by Crippen LogP contribution is 2.60. The Kier molecular flexibility index (Phi) is 2.86. The zero-order chi connectivity index (χ0) is 11.9. The van der Waals surface area contributed by atoms with Gasteiger partial charge in [0.25, 0.3) is 0 Å². The maximum atomic E-state index is 11.5. The number of esters is 1. The molecule has 1 saturated heterocycles. The molecule has 1 heterocycles. The normalized spacial score (nSPS) is 34.2. The molecule has 0 aromatic heterocycles. The summed E-state index contributed by atoms with van der Waals surface area (Å²) in [6.45, 7) is 4.09. The van der Waals surface area contributed by atoms with E-state index in [9.17, 15) is 9.59 Å². The largest absolute Gasteiger partial charge is 0.469 e. The van der Waals surface area contributed by atoms with Gasteiger partial charge in [-0.25, -0.2) is 0 Å². The van der Waals surface area contributed by atoms with Crippen LogP contribution in [0.15, 0.2) is 11.6 Å². The molecule has 0 N–H and O–H groups in total. The zero-order valence-electron chi connectivity index (χ0n) is 9.78. The van der Waals surface area contributed by atoms with Gasteiger partial charge >= 0.3 is 5.97 Å². The molecule has 0 aromatic rings. The minimum Gasteiger partial charge on any atom is -0.469 e. The van der Waals surface area contributed by atoms with E-state index >= 15 is 0 Å². The Hall–Kier alpha value is -0.770. The van der Waals surface area contributed by atoms with Crippen molar-refractivity contribution in [2.45, 2.75) is 20.3 Å². The van der Waals surface area contributed by atoms with Crippen LogP contribution < -0.4 is 0 Å². The molecule has 88 valence electrons. The number of methoxy groups -OCH3 is 1. The predicted octanol–water partition coefficient (Wildman–Crippen LogP) is 2.02. The first-order chi connectivity index (χ1) is 7.48. The van der Waals surface area contributed by atoms with Gasteiger partial charge < -0.3 is 4.74 Å². The van der Waals surface area contributed by atoms with E-state index < -0.39 is 0 Å². The monoisotopic (exact) mass is 240 g/mol. The van der Waals surface area contributed by atoms with E-state index in [0.717, 1.165) is 17.7 Å². The molecular weight excluding hydrogens is 224 g/mol. The van der Waals surface area contributed by atoms with Gasteiger partial charge in [-0.15, -0.1) is 0 Å². The molecule has 1 aliphatic carbocycles. The van der Waals surface area contributed by atoms with E-state index in [1.165, 1.54) is 18.9 Å². The van der Waals surface area contributed by atoms with E-state index in [1.807, 2.05) is 19.9 Å². The number of carbonyl (C=O) groups is 2. The van der Waals surface area contributed by atoms with Crippen LogP contribution >= 0.6 is 11.8 Å². The third-order valence-corrected chi connectivity index (χ3v) is 4.55. The highest BCUT2D eigenvalue weighted by atomic mass is 32.2. The molecule has 2 atom stereocenters. The van der Waals surface area contributed by atoms with Crippen LogP contribution in [0.4, 0.5) is 0 Å². The molecule has 2 rings (SSSR count). The van der Waals surface area contributed by atoms with Crippen LogP contribution in [0.2, 0.25) is 0 Å². The Labute approximate surface area is 99.6 Å². The highest BCUT2D eigenvalue weighted by Gasteiger charge is 2.61. The summed E-state index contributed by atoms with van der Waals surface area (Å²) >= 11 is 1.37. The maximum absolute atomic E-state index is 11.5. The third kappa shape index (κ3) is 1.79. The molecule has 0 aromatic carbocycles. The first kappa shape index (κ1) is 11.7. The van der Waals surface area contributed by atoms with Gasteiger partial charge in [-0.3, -0.25) is 9.59 Å². The number of thioether (sulfide) groups is 1. The lowest BCUT2D eigenvalue weighted by molar-refractivity contribution is -0.143. The summed E-state index contributed by atoms with van der Waals surface area (Å²) in [6.07, 6.45) is 2.83. The number of allylic oxidation sites excluding steroid dienone is 1. The van der Waals surface area contributed by atoms with E-state index in [1.54, 1.807) is 0 Å². The fourth-order valence-corrected chi connectivity index (χ4v) is 3.25. The minimum atomic E-state index is -0.162. The highest BCUT2D eigenvalue weighted by molar-refractivity contribution is 8.14. The SMILES string of the molecule is COC(=O)[C@@H]1[C@H](C=C2CCSC2=O)C1(C)C. The fraction of sp³-hybridized carbons (Fsp3) is 0.667. The van der Waals surface area contributed by atoms with Gasteiger partial charge in [0.15, 0.2) is 0 Å². The second-order valence-corrected chi connectivity index (χ2v) is 5.99. The van der Waals surface area contributed by atoms with Crippen LogP contribution in [0.1, 0.15) is 20.3 Å². The Morgan fingerprint density at radius 2 is 2.25 bits per heavy atom. The Balaban J connectivity index is 2.13. The number of ether oxygens (including phenoxy) is 1. The number of hydrogen-bond acceptors (Lipinski definition) is 4. The fourth-order valence-electron chi connectivity index (χ4n) is 2.38. The summed E-state index contributed by atoms with van der Waals surface area (Å²) in [5, 5.41) is 0.173. The van der Waals surface area contributed by atoms with Crippen LogP contribution in [-0.4, -0.2) is 23.9 Å². The summed E-state index contributed by atoms with van der Waals surface area (Å²) in [7, 11) is 1.41. The lowest BCUT2D eigenvalue weighted by atomic mass is 10.1. The number of rotatable bonds is 2. The molecule has 0 radical (unpaired) electrons. The average molecular weight is 240 g/mol. The van der Waals surface area contributed by atoms with Crippen molar-refractivity contribution in [1.82, 2.24) is 0 Å². The molecular formula is C12H16O3S. The van der Waals surface area contributed by atoms with Crippen LogP contribution in [0.25, 0.3) is 0 Å².